The zero-order valence-corrected chi connectivity index (χ0v) is 34.7. The van der Waals surface area contributed by atoms with Gasteiger partial charge in [-0.25, -0.2) is 14.0 Å². The lowest BCUT2D eigenvalue weighted by Crippen LogP contribution is -2.61. The van der Waals surface area contributed by atoms with E-state index in [2.05, 4.69) is 15.3 Å². The summed E-state index contributed by atoms with van der Waals surface area (Å²) in [5.74, 6) is -5.96. The van der Waals surface area contributed by atoms with E-state index in [0.717, 1.165) is 18.0 Å². The molecule has 3 fully saturated rings. The number of rotatable bonds is 9. The number of alkyl carbamates (subject to hydrolysis) is 1. The summed E-state index contributed by atoms with van der Waals surface area (Å²) in [6, 6.07) is 4.17. The molecule has 0 aliphatic carbocycles. The molecule has 3 aliphatic heterocycles. The first kappa shape index (κ1) is 44.2. The topological polar surface area (TPSA) is 176 Å². The minimum Gasteiger partial charge on any atom is -0.455 e. The second-order valence-corrected chi connectivity index (χ2v) is 16.8. The van der Waals surface area contributed by atoms with Crippen LogP contribution in [0.25, 0.3) is 17.1 Å². The summed E-state index contributed by atoms with van der Waals surface area (Å²) in [6.45, 7) is 12.5. The Morgan fingerprint density at radius 1 is 1.07 bits per heavy atom. The van der Waals surface area contributed by atoms with Crippen molar-refractivity contribution in [2.75, 3.05) is 20.7 Å². The van der Waals surface area contributed by atoms with Crippen molar-refractivity contribution in [2.45, 2.75) is 141 Å². The number of hydrogen-bond donors (Lipinski definition) is 2. The molecule has 57 heavy (non-hydrogen) atoms. The summed E-state index contributed by atoms with van der Waals surface area (Å²) in [4.78, 5) is 66.2. The molecule has 14 nitrogen and oxygen atoms in total. The van der Waals surface area contributed by atoms with Gasteiger partial charge in [0.2, 0.25) is 0 Å². The number of nitrogens with one attached hydrogen (secondary N) is 1. The Labute approximate surface area is 334 Å². The van der Waals surface area contributed by atoms with Crippen LogP contribution < -0.4 is 5.32 Å². The molecule has 314 valence electrons. The number of carbonyl (C=O) groups excluding carboxylic acids is 4. The van der Waals surface area contributed by atoms with Gasteiger partial charge in [0.15, 0.2) is 17.7 Å². The number of carbonyl (C=O) groups is 4. The standard InChI is InChI=1S/C42H59FN4O10/c1-11-14-31-42(8)34(46-39(52)57-42)25(4)32(48)23(2)21-40(6,53-18-13-15-27-20-29-28(45-22-27)16-12-17-44-29)36(26(5)35(50)41(7,43)38(51)55-31)56-37-33(49)30(47(9)10)19-24(3)54-37/h12-13,15-17,20,22-26,30-31,33-34,36-37,49H,11,14,18-19,21H2,1-10H3,(H,46,52)/b15-13+/t23-,24-,25+,26+,30+,31-,33-,34+,36-,37+,40-,41+,42-/m1/s1. The van der Waals surface area contributed by atoms with E-state index in [1.165, 1.54) is 6.92 Å². The fourth-order valence-electron chi connectivity index (χ4n) is 8.73. The molecule has 5 rings (SSSR count). The zero-order chi connectivity index (χ0) is 42.0. The minimum absolute atomic E-state index is 0.0483. The Morgan fingerprint density at radius 3 is 2.47 bits per heavy atom. The summed E-state index contributed by atoms with van der Waals surface area (Å²) in [7, 11) is 3.64. The van der Waals surface area contributed by atoms with Gasteiger partial charge in [-0.15, -0.1) is 0 Å². The number of aliphatic hydroxyl groups is 1. The number of ketones is 2. The molecule has 13 atom stereocenters. The Hall–Kier alpha value is -3.89. The highest BCUT2D eigenvalue weighted by Crippen LogP contribution is 2.41. The highest BCUT2D eigenvalue weighted by atomic mass is 19.1. The van der Waals surface area contributed by atoms with Crippen molar-refractivity contribution < 1.29 is 52.4 Å². The highest BCUT2D eigenvalue weighted by Gasteiger charge is 2.59. The third kappa shape index (κ3) is 9.22. The van der Waals surface area contributed by atoms with Gasteiger partial charge in [-0.3, -0.25) is 19.6 Å². The second kappa shape index (κ2) is 17.5. The Bertz CT molecular complexity index is 1830. The van der Waals surface area contributed by atoms with Gasteiger partial charge in [-0.1, -0.05) is 46.3 Å². The fourth-order valence-corrected chi connectivity index (χ4v) is 8.73. The number of nitrogens with zero attached hydrogens (tertiary/aromatic N) is 3. The lowest BCUT2D eigenvalue weighted by molar-refractivity contribution is -0.297. The van der Waals surface area contributed by atoms with E-state index < -0.39 is 83.1 Å². The molecule has 0 unspecified atom stereocenters. The van der Waals surface area contributed by atoms with Gasteiger partial charge in [-0.2, -0.15) is 0 Å². The molecular weight excluding hydrogens is 739 g/mol. The smallest absolute Gasteiger partial charge is 0.408 e. The van der Waals surface area contributed by atoms with Crippen molar-refractivity contribution in [1.82, 2.24) is 20.2 Å². The van der Waals surface area contributed by atoms with E-state index in [4.69, 9.17) is 23.7 Å². The number of ether oxygens (including phenoxy) is 5. The Morgan fingerprint density at radius 2 is 1.79 bits per heavy atom. The van der Waals surface area contributed by atoms with Gasteiger partial charge >= 0.3 is 12.1 Å². The van der Waals surface area contributed by atoms with Crippen LogP contribution in [0.1, 0.15) is 86.6 Å². The molecule has 3 saturated heterocycles. The molecule has 0 aromatic carbocycles. The lowest BCUT2D eigenvalue weighted by Gasteiger charge is -2.47. The van der Waals surface area contributed by atoms with E-state index in [0.29, 0.717) is 18.4 Å². The summed E-state index contributed by atoms with van der Waals surface area (Å²) in [5.41, 5.74) is -4.14. The van der Waals surface area contributed by atoms with Crippen molar-refractivity contribution in [1.29, 1.82) is 0 Å². The predicted molar refractivity (Wildman–Crippen MR) is 208 cm³/mol. The van der Waals surface area contributed by atoms with E-state index in [1.807, 2.05) is 45.0 Å². The molecule has 2 aromatic rings. The first-order valence-electron chi connectivity index (χ1n) is 19.9. The molecule has 0 saturated carbocycles. The quantitative estimate of drug-likeness (QED) is 0.257. The number of alkyl halides is 1. The Kier molecular flexibility index (Phi) is 13.6. The van der Waals surface area contributed by atoms with Crippen LogP contribution in [0.3, 0.4) is 0 Å². The number of aliphatic hydroxyl groups excluding tert-OH is 1. The summed E-state index contributed by atoms with van der Waals surface area (Å²) in [6.07, 6.45) is 1.70. The van der Waals surface area contributed by atoms with Crippen LogP contribution in [-0.2, 0) is 38.1 Å². The van der Waals surface area contributed by atoms with E-state index in [1.54, 1.807) is 58.3 Å². The molecule has 1 amide bonds. The molecule has 0 radical (unpaired) electrons. The average molecular weight is 799 g/mol. The number of amides is 1. The number of aromatic nitrogens is 2. The number of Topliss-reactive ketones (excluding diaryl/α,β-unsaturated/α-hetero) is 2. The average Bonchev–Trinajstić information content (AvgIpc) is 3.48. The second-order valence-electron chi connectivity index (χ2n) is 16.8. The molecule has 5 heterocycles. The van der Waals surface area contributed by atoms with Crippen LogP contribution in [0.15, 0.2) is 36.7 Å². The van der Waals surface area contributed by atoms with E-state index in [-0.39, 0.29) is 37.4 Å². The van der Waals surface area contributed by atoms with E-state index in [9.17, 15) is 24.3 Å². The molecule has 3 aliphatic rings. The summed E-state index contributed by atoms with van der Waals surface area (Å²) in [5, 5.41) is 14.3. The number of pyridine rings is 2. The largest absolute Gasteiger partial charge is 0.455 e. The highest BCUT2D eigenvalue weighted by molar-refractivity contribution is 6.08. The first-order chi connectivity index (χ1) is 26.7. The number of cyclic esters (lactones) is 1. The van der Waals surface area contributed by atoms with Crippen LogP contribution >= 0.6 is 0 Å². The maximum atomic E-state index is 17.0. The SMILES string of the molecule is CCC[C@H]1OC(=O)[C@@](C)(F)C(=O)[C@H](C)[C@@H](O[C@@H]2O[C@H](C)C[C@H](N(C)C)[C@H]2O)[C@](C)(OC/C=C/c2cnc3cccnc3c2)C[C@@H](C)C(=O)[C@H](C)[C@@H]2NC(=O)O[C@]12C. The van der Waals surface area contributed by atoms with Crippen LogP contribution in [0.5, 0.6) is 0 Å². The van der Waals surface area contributed by atoms with Gasteiger partial charge in [0, 0.05) is 36.2 Å². The van der Waals surface area contributed by atoms with Crippen LogP contribution in [0, 0.1) is 17.8 Å². The van der Waals surface area contributed by atoms with Crippen molar-refractivity contribution in [2.24, 2.45) is 17.8 Å². The monoisotopic (exact) mass is 798 g/mol. The summed E-state index contributed by atoms with van der Waals surface area (Å²) < 4.78 is 47.9. The first-order valence-corrected chi connectivity index (χ1v) is 19.9. The summed E-state index contributed by atoms with van der Waals surface area (Å²) >= 11 is 0. The number of esters is 1. The van der Waals surface area contributed by atoms with Gasteiger partial charge in [0.05, 0.1) is 41.5 Å². The minimum atomic E-state index is -3.20. The maximum Gasteiger partial charge on any atom is 0.408 e. The zero-order valence-electron chi connectivity index (χ0n) is 34.7. The number of hydrogen-bond acceptors (Lipinski definition) is 13. The van der Waals surface area contributed by atoms with E-state index >= 15 is 4.39 Å². The van der Waals surface area contributed by atoms with Gasteiger partial charge in [0.25, 0.3) is 5.67 Å². The Balaban J connectivity index is 1.59. The van der Waals surface area contributed by atoms with Crippen LogP contribution in [-0.4, -0.2) is 124 Å². The van der Waals surface area contributed by atoms with Gasteiger partial charge in [-0.05, 0) is 84.8 Å². The van der Waals surface area contributed by atoms with Crippen molar-refractivity contribution in [3.8, 4) is 0 Å². The molecule has 2 aromatic heterocycles. The van der Waals surface area contributed by atoms with Gasteiger partial charge < -0.3 is 39.0 Å². The van der Waals surface area contributed by atoms with Crippen molar-refractivity contribution in [3.63, 3.8) is 0 Å². The number of likely N-dealkylation sites (N-methyl/N-ethyl adjacent to an activating group) is 1. The molecule has 0 bridgehead atoms. The van der Waals surface area contributed by atoms with Crippen molar-refractivity contribution in [3.05, 3.63) is 42.2 Å². The van der Waals surface area contributed by atoms with Gasteiger partial charge in [0.1, 0.15) is 18.0 Å². The fraction of sp³-hybridized carbons (Fsp3) is 0.667. The molecule has 15 heteroatoms. The van der Waals surface area contributed by atoms with Crippen molar-refractivity contribution >= 4 is 40.7 Å². The third-order valence-corrected chi connectivity index (χ3v) is 12.0. The number of fused-ring (bicyclic) bond motifs is 2. The molecule has 2 N–H and O–H groups in total. The molecule has 0 spiro atoms. The number of halogens is 1. The predicted octanol–water partition coefficient (Wildman–Crippen LogP) is 4.99. The lowest BCUT2D eigenvalue weighted by atomic mass is 9.73. The van der Waals surface area contributed by atoms with Crippen LogP contribution in [0.2, 0.25) is 0 Å². The normalized spacial score (nSPS) is 38.5. The van der Waals surface area contributed by atoms with Crippen LogP contribution in [0.4, 0.5) is 9.18 Å². The third-order valence-electron chi connectivity index (χ3n) is 12.0. The molecular formula is C42H59FN4O10. The maximum absolute atomic E-state index is 17.0.